The number of nitrogens with one attached hydrogen (secondary N) is 1. The number of ether oxygens (including phenoxy) is 1. The second-order valence-electron chi connectivity index (χ2n) is 5.62. The van der Waals surface area contributed by atoms with Gasteiger partial charge in [-0.3, -0.25) is 0 Å². The van der Waals surface area contributed by atoms with E-state index in [-0.39, 0.29) is 0 Å². The van der Waals surface area contributed by atoms with Crippen LogP contribution in [-0.2, 0) is 0 Å². The van der Waals surface area contributed by atoms with Crippen LogP contribution in [0.1, 0.15) is 0 Å². The Morgan fingerprint density at radius 3 is 2.56 bits per heavy atom. The van der Waals surface area contributed by atoms with Gasteiger partial charge in [0.05, 0.1) is 12.5 Å². The number of nitriles is 1. The summed E-state index contributed by atoms with van der Waals surface area (Å²) in [6, 6.07) is 15.7. The van der Waals surface area contributed by atoms with E-state index < -0.39 is 0 Å². The van der Waals surface area contributed by atoms with Gasteiger partial charge in [-0.05, 0) is 53.7 Å². The van der Waals surface area contributed by atoms with Crippen LogP contribution in [0.25, 0.3) is 21.3 Å². The average Bonchev–Trinajstić information content (AvgIpc) is 3.15. The average molecular weight is 390 g/mol. The van der Waals surface area contributed by atoms with Crippen molar-refractivity contribution in [2.45, 2.75) is 4.90 Å². The molecule has 0 radical (unpaired) electrons. The molecule has 2 heterocycles. The van der Waals surface area contributed by atoms with Crippen molar-refractivity contribution < 1.29 is 4.74 Å². The van der Waals surface area contributed by atoms with Gasteiger partial charge in [0, 0.05) is 21.5 Å². The first-order valence-corrected chi connectivity index (χ1v) is 9.78. The molecule has 1 N–H and O–H groups in total. The highest BCUT2D eigenvalue weighted by atomic mass is 32.2. The first-order chi connectivity index (χ1) is 13.3. The third-order valence-electron chi connectivity index (χ3n) is 4.05. The van der Waals surface area contributed by atoms with E-state index in [1.165, 1.54) is 0 Å². The minimum Gasteiger partial charge on any atom is -0.497 e. The van der Waals surface area contributed by atoms with Gasteiger partial charge in [0.15, 0.2) is 0 Å². The third kappa shape index (κ3) is 3.58. The van der Waals surface area contributed by atoms with Crippen LogP contribution in [0.5, 0.6) is 5.75 Å². The third-order valence-corrected chi connectivity index (χ3v) is 5.54. The number of fused-ring (bicyclic) bond motifs is 1. The molecule has 0 unspecified atom stereocenters. The highest BCUT2D eigenvalue weighted by Gasteiger charge is 2.13. The lowest BCUT2D eigenvalue weighted by molar-refractivity contribution is 0.415. The van der Waals surface area contributed by atoms with Crippen LogP contribution in [0.4, 0.5) is 11.5 Å². The van der Waals surface area contributed by atoms with Crippen LogP contribution < -0.4 is 10.1 Å². The summed E-state index contributed by atoms with van der Waals surface area (Å²) in [6.07, 6.45) is 1.57. The summed E-state index contributed by atoms with van der Waals surface area (Å²) >= 11 is 2.73. The fourth-order valence-corrected chi connectivity index (χ4v) is 4.04. The number of methoxy groups -OCH3 is 1. The molecule has 0 fully saturated rings. The van der Waals surface area contributed by atoms with Crippen molar-refractivity contribution in [2.24, 2.45) is 0 Å². The minimum atomic E-state index is 0.757. The molecule has 0 aliphatic rings. The van der Waals surface area contributed by atoms with Crippen LogP contribution in [0.15, 0.2) is 65.1 Å². The summed E-state index contributed by atoms with van der Waals surface area (Å²) in [5, 5.41) is 17.3. The molecule has 0 aliphatic carbocycles. The maximum Gasteiger partial charge on any atom is 0.143 e. The number of hydrogen-bond acceptors (Lipinski definition) is 7. The predicted molar refractivity (Wildman–Crippen MR) is 111 cm³/mol. The number of thiophene rings is 1. The number of hydrogen-bond donors (Lipinski definition) is 1. The molecule has 0 aliphatic heterocycles. The van der Waals surface area contributed by atoms with Crippen molar-refractivity contribution >= 4 is 44.8 Å². The Morgan fingerprint density at radius 1 is 1.07 bits per heavy atom. The molecule has 27 heavy (non-hydrogen) atoms. The van der Waals surface area contributed by atoms with Crippen LogP contribution in [0.3, 0.4) is 0 Å². The van der Waals surface area contributed by atoms with Gasteiger partial charge < -0.3 is 10.1 Å². The smallest absolute Gasteiger partial charge is 0.143 e. The minimum absolute atomic E-state index is 0.757. The van der Waals surface area contributed by atoms with Crippen molar-refractivity contribution in [1.29, 1.82) is 5.26 Å². The lowest BCUT2D eigenvalue weighted by Crippen LogP contribution is -1.95. The second-order valence-corrected chi connectivity index (χ2v) is 7.34. The molecular weight excluding hydrogens is 376 g/mol. The van der Waals surface area contributed by atoms with E-state index in [2.05, 4.69) is 26.1 Å². The van der Waals surface area contributed by atoms with E-state index in [4.69, 9.17) is 10.00 Å². The largest absolute Gasteiger partial charge is 0.497 e. The number of thioether (sulfide) groups is 1. The second kappa shape index (κ2) is 7.66. The molecule has 2 aromatic heterocycles. The van der Waals surface area contributed by atoms with Crippen molar-refractivity contribution in [3.8, 4) is 22.3 Å². The highest BCUT2D eigenvalue weighted by molar-refractivity contribution is 8.03. The molecule has 7 heteroatoms. The molecule has 2 aromatic carbocycles. The van der Waals surface area contributed by atoms with E-state index in [0.717, 1.165) is 55.3 Å². The molecule has 4 rings (SSSR count). The summed E-state index contributed by atoms with van der Waals surface area (Å²) in [6.45, 7) is 0. The zero-order valence-corrected chi connectivity index (χ0v) is 16.0. The zero-order valence-electron chi connectivity index (χ0n) is 14.3. The van der Waals surface area contributed by atoms with Gasteiger partial charge in [0.25, 0.3) is 0 Å². The Labute approximate surface area is 164 Å². The van der Waals surface area contributed by atoms with Gasteiger partial charge in [-0.25, -0.2) is 9.97 Å². The quantitative estimate of drug-likeness (QED) is 0.349. The van der Waals surface area contributed by atoms with Gasteiger partial charge in [-0.2, -0.15) is 5.26 Å². The Morgan fingerprint density at radius 2 is 1.85 bits per heavy atom. The van der Waals surface area contributed by atoms with Crippen molar-refractivity contribution in [2.75, 3.05) is 12.4 Å². The van der Waals surface area contributed by atoms with E-state index in [0.29, 0.717) is 0 Å². The molecular formula is C20H14N4OS2. The maximum absolute atomic E-state index is 8.76. The summed E-state index contributed by atoms with van der Waals surface area (Å²) in [5.74, 6) is 1.58. The topological polar surface area (TPSA) is 70.8 Å². The van der Waals surface area contributed by atoms with Gasteiger partial charge >= 0.3 is 0 Å². The SMILES string of the molecule is COc1ccc(-c2csc3ncnc(Nc4ccc(SC#N)cc4)c23)cc1. The summed E-state index contributed by atoms with van der Waals surface area (Å²) in [4.78, 5) is 10.7. The first-order valence-electron chi connectivity index (χ1n) is 8.08. The van der Waals surface area contributed by atoms with E-state index >= 15 is 0 Å². The normalized spacial score (nSPS) is 10.5. The standard InChI is InChI=1S/C20H14N4OS2/c1-25-15-6-2-13(3-7-15)17-10-26-20-18(17)19(22-12-23-20)24-14-4-8-16(9-5-14)27-11-21/h2-10,12H,1H3,(H,22,23,24). The Bertz CT molecular complexity index is 1120. The molecule has 0 amide bonds. The summed E-state index contributed by atoms with van der Waals surface area (Å²) < 4.78 is 5.25. The molecule has 5 nitrogen and oxygen atoms in total. The van der Waals surface area contributed by atoms with Crippen LogP contribution >= 0.6 is 23.1 Å². The number of benzene rings is 2. The monoisotopic (exact) mass is 390 g/mol. The predicted octanol–water partition coefficient (Wildman–Crippen LogP) is 5.68. The maximum atomic E-state index is 8.76. The first kappa shape index (κ1) is 17.3. The summed E-state index contributed by atoms with van der Waals surface area (Å²) in [5.41, 5.74) is 3.07. The van der Waals surface area contributed by atoms with E-state index in [9.17, 15) is 0 Å². The Hall–Kier alpha value is -3.08. The van der Waals surface area contributed by atoms with Crippen LogP contribution in [0.2, 0.25) is 0 Å². The Balaban J connectivity index is 1.72. The molecule has 4 aromatic rings. The number of aromatic nitrogens is 2. The van der Waals surface area contributed by atoms with E-state index in [1.807, 2.05) is 48.5 Å². The number of anilines is 2. The number of rotatable bonds is 5. The van der Waals surface area contributed by atoms with E-state index in [1.54, 1.807) is 24.8 Å². The van der Waals surface area contributed by atoms with Crippen molar-refractivity contribution in [3.63, 3.8) is 0 Å². The fourth-order valence-electron chi connectivity index (χ4n) is 2.75. The molecule has 0 bridgehead atoms. The summed E-state index contributed by atoms with van der Waals surface area (Å²) in [7, 11) is 1.66. The molecule has 0 spiro atoms. The van der Waals surface area contributed by atoms with Crippen LogP contribution in [-0.4, -0.2) is 17.1 Å². The molecule has 0 atom stereocenters. The lowest BCUT2D eigenvalue weighted by atomic mass is 10.1. The number of thiocyanates is 1. The molecule has 0 saturated carbocycles. The van der Waals surface area contributed by atoms with Crippen LogP contribution in [0, 0.1) is 10.7 Å². The highest BCUT2D eigenvalue weighted by Crippen LogP contribution is 2.38. The van der Waals surface area contributed by atoms with Gasteiger partial charge in [-0.1, -0.05) is 12.1 Å². The zero-order chi connectivity index (χ0) is 18.6. The van der Waals surface area contributed by atoms with Gasteiger partial charge in [0.1, 0.15) is 28.1 Å². The van der Waals surface area contributed by atoms with Crippen molar-refractivity contribution in [1.82, 2.24) is 9.97 Å². The van der Waals surface area contributed by atoms with Crippen molar-refractivity contribution in [3.05, 3.63) is 60.2 Å². The van der Waals surface area contributed by atoms with Gasteiger partial charge in [0.2, 0.25) is 0 Å². The fraction of sp³-hybridized carbons (Fsp3) is 0.0500. The van der Waals surface area contributed by atoms with Gasteiger partial charge in [-0.15, -0.1) is 11.3 Å². The molecule has 0 saturated heterocycles. The number of nitrogens with zero attached hydrogens (tertiary/aromatic N) is 3. The Kier molecular flexibility index (Phi) is 4.92. The lowest BCUT2D eigenvalue weighted by Gasteiger charge is -2.09. The molecule has 132 valence electrons.